The van der Waals surface area contributed by atoms with Crippen molar-refractivity contribution in [3.05, 3.63) is 18.3 Å². The Morgan fingerprint density at radius 2 is 1.95 bits per heavy atom. The van der Waals surface area contributed by atoms with Crippen molar-refractivity contribution in [3.63, 3.8) is 0 Å². The molecular formula is C14H22N4O2S. The largest absolute Gasteiger partial charge is 0.384 e. The Morgan fingerprint density at radius 1 is 1.29 bits per heavy atom. The van der Waals surface area contributed by atoms with Gasteiger partial charge in [0.05, 0.1) is 0 Å². The predicted molar refractivity (Wildman–Crippen MR) is 81.2 cm³/mol. The third-order valence-corrected chi connectivity index (χ3v) is 6.24. The smallest absolute Gasteiger partial charge is 0.242 e. The SMILES string of the molecule is CN1C2CCCC1CC(NS(=O)(=O)c1ccc(N)nc1)C2. The van der Waals surface area contributed by atoms with Crippen LogP contribution in [0, 0.1) is 0 Å². The molecule has 2 fully saturated rings. The van der Waals surface area contributed by atoms with Gasteiger partial charge in [-0.3, -0.25) is 0 Å². The number of pyridine rings is 1. The molecule has 0 spiro atoms. The van der Waals surface area contributed by atoms with Crippen LogP contribution in [0.5, 0.6) is 0 Å². The Morgan fingerprint density at radius 3 is 2.52 bits per heavy atom. The van der Waals surface area contributed by atoms with Gasteiger partial charge in [0.1, 0.15) is 10.7 Å². The quantitative estimate of drug-likeness (QED) is 0.868. The zero-order valence-corrected chi connectivity index (χ0v) is 13.0. The summed E-state index contributed by atoms with van der Waals surface area (Å²) in [5.41, 5.74) is 5.50. The van der Waals surface area contributed by atoms with Crippen LogP contribution >= 0.6 is 0 Å². The summed E-state index contributed by atoms with van der Waals surface area (Å²) in [6.45, 7) is 0. The molecule has 3 rings (SSSR count). The Balaban J connectivity index is 1.73. The van der Waals surface area contributed by atoms with E-state index in [9.17, 15) is 8.42 Å². The molecule has 2 bridgehead atoms. The van der Waals surface area contributed by atoms with Gasteiger partial charge in [-0.05, 0) is 44.9 Å². The molecule has 0 aromatic carbocycles. The fourth-order valence-electron chi connectivity index (χ4n) is 3.55. The maximum atomic E-state index is 12.4. The molecule has 0 radical (unpaired) electrons. The van der Waals surface area contributed by atoms with Crippen molar-refractivity contribution < 1.29 is 8.42 Å². The first-order valence-electron chi connectivity index (χ1n) is 7.41. The van der Waals surface area contributed by atoms with E-state index in [1.165, 1.54) is 24.8 Å². The van der Waals surface area contributed by atoms with Gasteiger partial charge in [-0.25, -0.2) is 18.1 Å². The Kier molecular flexibility index (Phi) is 3.90. The number of nitrogen functional groups attached to an aromatic ring is 1. The van der Waals surface area contributed by atoms with Gasteiger partial charge >= 0.3 is 0 Å². The van der Waals surface area contributed by atoms with Crippen LogP contribution in [0.1, 0.15) is 32.1 Å². The Hall–Kier alpha value is -1.18. The molecule has 21 heavy (non-hydrogen) atoms. The molecule has 0 amide bonds. The van der Waals surface area contributed by atoms with E-state index >= 15 is 0 Å². The number of anilines is 1. The second-order valence-corrected chi connectivity index (χ2v) is 7.83. The van der Waals surface area contributed by atoms with Crippen molar-refractivity contribution >= 4 is 15.8 Å². The molecule has 7 heteroatoms. The lowest BCUT2D eigenvalue weighted by atomic mass is 9.83. The zero-order chi connectivity index (χ0) is 15.0. The summed E-state index contributed by atoms with van der Waals surface area (Å²) < 4.78 is 27.7. The van der Waals surface area contributed by atoms with Crippen LogP contribution in [-0.2, 0) is 10.0 Å². The molecule has 1 aromatic heterocycles. The summed E-state index contributed by atoms with van der Waals surface area (Å²) in [7, 11) is -1.36. The van der Waals surface area contributed by atoms with Gasteiger partial charge in [0, 0.05) is 24.3 Å². The molecule has 3 N–H and O–H groups in total. The van der Waals surface area contributed by atoms with E-state index in [2.05, 4.69) is 21.7 Å². The highest BCUT2D eigenvalue weighted by Gasteiger charge is 2.37. The maximum absolute atomic E-state index is 12.4. The summed E-state index contributed by atoms with van der Waals surface area (Å²) in [6.07, 6.45) is 6.65. The lowest BCUT2D eigenvalue weighted by Crippen LogP contribution is -2.55. The summed E-state index contributed by atoms with van der Waals surface area (Å²) in [5, 5.41) is 0. The van der Waals surface area contributed by atoms with Crippen LogP contribution < -0.4 is 10.5 Å². The summed E-state index contributed by atoms with van der Waals surface area (Å²) in [6, 6.07) is 4.02. The minimum atomic E-state index is -3.51. The van der Waals surface area contributed by atoms with Crippen molar-refractivity contribution in [3.8, 4) is 0 Å². The molecule has 1 aromatic rings. The van der Waals surface area contributed by atoms with Gasteiger partial charge in [0.25, 0.3) is 0 Å². The van der Waals surface area contributed by atoms with Crippen molar-refractivity contribution in [2.24, 2.45) is 0 Å². The van der Waals surface area contributed by atoms with Gasteiger partial charge in [0.15, 0.2) is 0 Å². The average Bonchev–Trinajstić information content (AvgIpc) is 2.40. The molecule has 3 heterocycles. The fraction of sp³-hybridized carbons (Fsp3) is 0.643. The number of piperidine rings is 2. The molecule has 2 unspecified atom stereocenters. The highest BCUT2D eigenvalue weighted by Crippen LogP contribution is 2.33. The zero-order valence-electron chi connectivity index (χ0n) is 12.2. The van der Waals surface area contributed by atoms with Gasteiger partial charge < -0.3 is 10.6 Å². The molecule has 116 valence electrons. The molecule has 0 saturated carbocycles. The number of fused-ring (bicyclic) bond motifs is 2. The average molecular weight is 310 g/mol. The summed E-state index contributed by atoms with van der Waals surface area (Å²) >= 11 is 0. The number of nitrogens with two attached hydrogens (primary N) is 1. The van der Waals surface area contributed by atoms with Crippen molar-refractivity contribution in [1.82, 2.24) is 14.6 Å². The lowest BCUT2D eigenvalue weighted by molar-refractivity contribution is 0.0536. The highest BCUT2D eigenvalue weighted by atomic mass is 32.2. The van der Waals surface area contributed by atoms with E-state index in [1.807, 2.05) is 0 Å². The Labute approximate surface area is 125 Å². The number of nitrogens with zero attached hydrogens (tertiary/aromatic N) is 2. The Bertz CT molecular complexity index is 588. The first-order chi connectivity index (χ1) is 9.95. The van der Waals surface area contributed by atoms with Crippen LogP contribution in [0.25, 0.3) is 0 Å². The number of rotatable bonds is 3. The fourth-order valence-corrected chi connectivity index (χ4v) is 4.76. The molecule has 2 aliphatic heterocycles. The van der Waals surface area contributed by atoms with E-state index in [0.29, 0.717) is 17.9 Å². The van der Waals surface area contributed by atoms with E-state index in [-0.39, 0.29) is 10.9 Å². The van der Waals surface area contributed by atoms with Crippen LogP contribution in [-0.4, -0.2) is 43.5 Å². The molecule has 2 saturated heterocycles. The third-order valence-electron chi connectivity index (χ3n) is 4.73. The first kappa shape index (κ1) is 14.7. The monoisotopic (exact) mass is 310 g/mol. The van der Waals surface area contributed by atoms with Crippen LogP contribution in [0.3, 0.4) is 0 Å². The second-order valence-electron chi connectivity index (χ2n) is 6.11. The van der Waals surface area contributed by atoms with Gasteiger partial charge in [-0.15, -0.1) is 0 Å². The van der Waals surface area contributed by atoms with Gasteiger partial charge in [-0.2, -0.15) is 0 Å². The summed E-state index contributed by atoms with van der Waals surface area (Å²) in [4.78, 5) is 6.46. The van der Waals surface area contributed by atoms with E-state index in [0.717, 1.165) is 25.7 Å². The van der Waals surface area contributed by atoms with Crippen LogP contribution in [0.15, 0.2) is 23.2 Å². The predicted octanol–water partition coefficient (Wildman–Crippen LogP) is 0.957. The molecule has 6 nitrogen and oxygen atoms in total. The van der Waals surface area contributed by atoms with Gasteiger partial charge in [-0.1, -0.05) is 6.42 Å². The molecular weight excluding hydrogens is 288 g/mol. The van der Waals surface area contributed by atoms with Crippen molar-refractivity contribution in [2.75, 3.05) is 12.8 Å². The maximum Gasteiger partial charge on any atom is 0.242 e. The van der Waals surface area contributed by atoms with E-state index in [1.54, 1.807) is 0 Å². The number of hydrogen-bond donors (Lipinski definition) is 2. The normalized spacial score (nSPS) is 30.2. The number of sulfonamides is 1. The number of nitrogens with one attached hydrogen (secondary N) is 1. The minimum absolute atomic E-state index is 0.0130. The molecule has 2 aliphatic rings. The highest BCUT2D eigenvalue weighted by molar-refractivity contribution is 7.89. The standard InChI is InChI=1S/C14H22N4O2S/c1-18-11-3-2-4-12(18)8-10(7-11)17-21(19,20)13-5-6-14(15)16-9-13/h5-6,9-12,17H,2-4,7-8H2,1H3,(H2,15,16). The second kappa shape index (κ2) is 5.55. The third kappa shape index (κ3) is 3.04. The first-order valence-corrected chi connectivity index (χ1v) is 8.90. The van der Waals surface area contributed by atoms with Crippen LogP contribution in [0.2, 0.25) is 0 Å². The lowest BCUT2D eigenvalue weighted by Gasteiger charge is -2.47. The van der Waals surface area contributed by atoms with Gasteiger partial charge in [0.2, 0.25) is 10.0 Å². The topological polar surface area (TPSA) is 88.3 Å². The minimum Gasteiger partial charge on any atom is -0.384 e. The molecule has 0 aliphatic carbocycles. The molecule has 2 atom stereocenters. The number of hydrogen-bond acceptors (Lipinski definition) is 5. The van der Waals surface area contributed by atoms with E-state index < -0.39 is 10.0 Å². The van der Waals surface area contributed by atoms with Crippen molar-refractivity contribution in [2.45, 2.75) is 55.1 Å². The van der Waals surface area contributed by atoms with Crippen LogP contribution in [0.4, 0.5) is 5.82 Å². The number of aromatic nitrogens is 1. The van der Waals surface area contributed by atoms with E-state index in [4.69, 9.17) is 5.73 Å². The van der Waals surface area contributed by atoms with Crippen molar-refractivity contribution in [1.29, 1.82) is 0 Å². The summed E-state index contributed by atoms with van der Waals surface area (Å²) in [5.74, 6) is 0.322.